The van der Waals surface area contributed by atoms with Crippen LogP contribution in [-0.4, -0.2) is 38.6 Å². The molecule has 0 unspecified atom stereocenters. The van der Waals surface area contributed by atoms with Gasteiger partial charge >= 0.3 is 18.5 Å². The highest BCUT2D eigenvalue weighted by molar-refractivity contribution is 7.86. The van der Waals surface area contributed by atoms with E-state index in [0.29, 0.717) is 29.8 Å². The molecule has 1 N–H and O–H groups in total. The molecule has 0 radical (unpaired) electrons. The molecule has 0 saturated carbocycles. The minimum atomic E-state index is -5.98. The normalized spacial score (nSPS) is 13.1. The number of alkyl halides is 6. The second-order valence-corrected chi connectivity index (χ2v) is 7.69. The second kappa shape index (κ2) is 8.04. The van der Waals surface area contributed by atoms with Crippen molar-refractivity contribution in [2.75, 3.05) is 7.11 Å². The molecular formula is C18H14F6O6S. The van der Waals surface area contributed by atoms with Crippen molar-refractivity contribution >= 4 is 16.3 Å². The van der Waals surface area contributed by atoms with Gasteiger partial charge in [-0.1, -0.05) is 35.9 Å². The van der Waals surface area contributed by atoms with Gasteiger partial charge in [0.15, 0.2) is 5.75 Å². The van der Waals surface area contributed by atoms with Crippen molar-refractivity contribution in [3.05, 3.63) is 59.2 Å². The predicted molar refractivity (Wildman–Crippen MR) is 93.4 cm³/mol. The van der Waals surface area contributed by atoms with E-state index in [1.54, 1.807) is 0 Å². The summed E-state index contributed by atoms with van der Waals surface area (Å²) in [6.07, 6.45) is -13.5. The highest BCUT2D eigenvalue weighted by Gasteiger charge is 2.72. The molecule has 2 aromatic carbocycles. The van der Waals surface area contributed by atoms with Gasteiger partial charge in [0, 0.05) is 0 Å². The summed E-state index contributed by atoms with van der Waals surface area (Å²) in [5.74, 6) is -1.03. The zero-order chi connectivity index (χ0) is 23.8. The zero-order valence-corrected chi connectivity index (χ0v) is 16.5. The average Bonchev–Trinajstić information content (AvgIpc) is 2.61. The number of carbonyl (C=O) groups excluding carboxylic acids is 1. The summed E-state index contributed by atoms with van der Waals surface area (Å²) in [7, 11) is -4.60. The fraction of sp³-hybridized carbons (Fsp3) is 0.278. The summed E-state index contributed by atoms with van der Waals surface area (Å²) >= 11 is 0. The summed E-state index contributed by atoms with van der Waals surface area (Å²) in [5, 5.41) is 0. The number of rotatable bonds is 4. The van der Waals surface area contributed by atoms with Crippen molar-refractivity contribution in [2.24, 2.45) is 0 Å². The van der Waals surface area contributed by atoms with Gasteiger partial charge < -0.3 is 9.47 Å². The van der Waals surface area contributed by atoms with Crippen LogP contribution in [0.4, 0.5) is 31.1 Å². The SMILES string of the molecule is COC(=O)Oc1ccc(C(c2ccc(C)cc2)(C(F)(F)F)C(F)(F)F)cc1S(=O)(=O)O. The van der Waals surface area contributed by atoms with E-state index in [4.69, 9.17) is 0 Å². The van der Waals surface area contributed by atoms with E-state index in [1.807, 2.05) is 0 Å². The maximum atomic E-state index is 14.1. The summed E-state index contributed by atoms with van der Waals surface area (Å²) in [6, 6.07) is 3.92. The van der Waals surface area contributed by atoms with Crippen molar-refractivity contribution in [1.29, 1.82) is 0 Å². The number of hydrogen-bond acceptors (Lipinski definition) is 5. The maximum absolute atomic E-state index is 14.1. The molecule has 0 aromatic heterocycles. The van der Waals surface area contributed by atoms with Gasteiger partial charge in [0.2, 0.25) is 5.41 Å². The van der Waals surface area contributed by atoms with Gasteiger partial charge in [-0.3, -0.25) is 4.55 Å². The number of halogens is 6. The highest BCUT2D eigenvalue weighted by Crippen LogP contribution is 2.56. The van der Waals surface area contributed by atoms with Crippen molar-refractivity contribution in [3.8, 4) is 5.75 Å². The molecule has 2 rings (SSSR count). The molecule has 6 nitrogen and oxygen atoms in total. The fourth-order valence-corrected chi connectivity index (χ4v) is 3.58. The first-order valence-corrected chi connectivity index (χ1v) is 9.58. The van der Waals surface area contributed by atoms with Crippen LogP contribution in [0.3, 0.4) is 0 Å². The van der Waals surface area contributed by atoms with Crippen molar-refractivity contribution in [3.63, 3.8) is 0 Å². The Labute approximate surface area is 172 Å². The van der Waals surface area contributed by atoms with Crippen LogP contribution in [0.15, 0.2) is 47.4 Å². The van der Waals surface area contributed by atoms with Crippen LogP contribution in [0, 0.1) is 6.92 Å². The zero-order valence-electron chi connectivity index (χ0n) is 15.7. The second-order valence-electron chi connectivity index (χ2n) is 6.30. The van der Waals surface area contributed by atoms with Gasteiger partial charge in [0.1, 0.15) is 4.90 Å². The maximum Gasteiger partial charge on any atom is 0.513 e. The molecule has 0 amide bonds. The molecular weight excluding hydrogens is 458 g/mol. The Morgan fingerprint density at radius 1 is 0.903 bits per heavy atom. The van der Waals surface area contributed by atoms with E-state index in [1.165, 1.54) is 6.92 Å². The van der Waals surface area contributed by atoms with E-state index in [9.17, 15) is 44.1 Å². The monoisotopic (exact) mass is 472 g/mol. The highest BCUT2D eigenvalue weighted by atomic mass is 32.2. The van der Waals surface area contributed by atoms with E-state index in [2.05, 4.69) is 9.47 Å². The minimum Gasteiger partial charge on any atom is -0.437 e. The van der Waals surface area contributed by atoms with Crippen molar-refractivity contribution < 1.29 is 53.6 Å². The molecule has 0 bridgehead atoms. The first-order valence-electron chi connectivity index (χ1n) is 8.14. The fourth-order valence-electron chi connectivity index (χ4n) is 2.94. The third-order valence-electron chi connectivity index (χ3n) is 4.35. The van der Waals surface area contributed by atoms with E-state index >= 15 is 0 Å². The van der Waals surface area contributed by atoms with E-state index in [0.717, 1.165) is 19.2 Å². The first kappa shape index (κ1) is 24.5. The van der Waals surface area contributed by atoms with Crippen molar-refractivity contribution in [1.82, 2.24) is 0 Å². The Bertz CT molecular complexity index is 1060. The number of hydrogen-bond donors (Lipinski definition) is 1. The molecule has 0 aliphatic heterocycles. The number of carbonyl (C=O) groups is 1. The Morgan fingerprint density at radius 3 is 1.81 bits per heavy atom. The summed E-state index contributed by atoms with van der Waals surface area (Å²) in [5.41, 5.74) is -7.08. The molecule has 0 saturated heterocycles. The summed E-state index contributed by atoms with van der Waals surface area (Å²) in [4.78, 5) is 9.75. The smallest absolute Gasteiger partial charge is 0.437 e. The summed E-state index contributed by atoms with van der Waals surface area (Å²) in [6.45, 7) is 1.45. The van der Waals surface area contributed by atoms with Crippen LogP contribution in [0.25, 0.3) is 0 Å². The van der Waals surface area contributed by atoms with Gasteiger partial charge in [-0.05, 0) is 30.2 Å². The lowest BCUT2D eigenvalue weighted by molar-refractivity contribution is -0.288. The van der Waals surface area contributed by atoms with Crippen LogP contribution < -0.4 is 4.74 Å². The average molecular weight is 472 g/mol. The topological polar surface area (TPSA) is 89.9 Å². The molecule has 0 spiro atoms. The Morgan fingerprint density at radius 2 is 1.39 bits per heavy atom. The Kier molecular flexibility index (Phi) is 6.34. The summed E-state index contributed by atoms with van der Waals surface area (Å²) < 4.78 is 126. The quantitative estimate of drug-likeness (QED) is 0.298. The van der Waals surface area contributed by atoms with E-state index < -0.39 is 55.8 Å². The van der Waals surface area contributed by atoms with Crippen LogP contribution in [0.1, 0.15) is 16.7 Å². The molecule has 0 aliphatic rings. The Hall–Kier alpha value is -2.80. The molecule has 0 heterocycles. The molecule has 0 aliphatic carbocycles. The molecule has 0 fully saturated rings. The van der Waals surface area contributed by atoms with Gasteiger partial charge in [-0.2, -0.15) is 34.8 Å². The first-order chi connectivity index (χ1) is 14.1. The van der Waals surface area contributed by atoms with E-state index in [-0.39, 0.29) is 6.07 Å². The molecule has 13 heteroatoms. The van der Waals surface area contributed by atoms with Gasteiger partial charge in [0.25, 0.3) is 10.1 Å². The molecule has 170 valence electrons. The molecule has 0 atom stereocenters. The lowest BCUT2D eigenvalue weighted by Gasteiger charge is -2.38. The number of benzene rings is 2. The third kappa shape index (κ3) is 4.46. The largest absolute Gasteiger partial charge is 0.513 e. The molecule has 31 heavy (non-hydrogen) atoms. The molecule has 2 aromatic rings. The van der Waals surface area contributed by atoms with Crippen LogP contribution >= 0.6 is 0 Å². The predicted octanol–water partition coefficient (Wildman–Crippen LogP) is 4.80. The number of methoxy groups -OCH3 is 1. The lowest BCUT2D eigenvalue weighted by atomic mass is 9.72. The third-order valence-corrected chi connectivity index (χ3v) is 5.22. The minimum absolute atomic E-state index is 0.0472. The van der Waals surface area contributed by atoms with Gasteiger partial charge in [-0.15, -0.1) is 0 Å². The van der Waals surface area contributed by atoms with Gasteiger partial charge in [-0.25, -0.2) is 4.79 Å². The standard InChI is InChI=1S/C18H14F6O6S/c1-10-3-5-11(6-4-10)16(17(19,20)21,18(22,23)24)12-7-8-13(30-15(25)29-2)14(9-12)31(26,27)28/h3-9H,1-2H3,(H,26,27,28). The lowest BCUT2D eigenvalue weighted by Crippen LogP contribution is -2.54. The van der Waals surface area contributed by atoms with Crippen LogP contribution in [-0.2, 0) is 20.3 Å². The number of ether oxygens (including phenoxy) is 2. The van der Waals surface area contributed by atoms with Crippen LogP contribution in [0.2, 0.25) is 0 Å². The van der Waals surface area contributed by atoms with Gasteiger partial charge in [0.05, 0.1) is 7.11 Å². The van der Waals surface area contributed by atoms with Crippen LogP contribution in [0.5, 0.6) is 5.75 Å². The van der Waals surface area contributed by atoms with Crippen molar-refractivity contribution in [2.45, 2.75) is 29.6 Å². The number of aryl methyl sites for hydroxylation is 1. The Balaban J connectivity index is 2.96.